The molecule has 2 aliphatic rings. The number of carboxylic acid groups (broad SMARTS) is 1. The van der Waals surface area contributed by atoms with Crippen molar-refractivity contribution in [2.75, 3.05) is 29.9 Å². The summed E-state index contributed by atoms with van der Waals surface area (Å²) in [4.78, 5) is 96.2. The van der Waals surface area contributed by atoms with Crippen LogP contribution in [0.3, 0.4) is 0 Å². The second-order valence-corrected chi connectivity index (χ2v) is 23.3. The van der Waals surface area contributed by atoms with Crippen LogP contribution in [-0.2, 0) is 108 Å². The molecule has 0 saturated carbocycles. The van der Waals surface area contributed by atoms with Gasteiger partial charge in [0.1, 0.15) is 64.0 Å². The molecule has 0 radical (unpaired) electrons. The molecule has 99 heavy (non-hydrogen) atoms. The van der Waals surface area contributed by atoms with Crippen LogP contribution < -0.4 is 108 Å². The quantitative estimate of drug-likeness (QED) is 0.00562. The average Bonchev–Trinajstić information content (AvgIpc) is 1.70. The maximum atomic E-state index is 11.5. The van der Waals surface area contributed by atoms with Crippen LogP contribution in [0.5, 0.6) is 0 Å². The summed E-state index contributed by atoms with van der Waals surface area (Å²) in [7, 11) is 0. The third-order valence-corrected chi connectivity index (χ3v) is 13.7. The molecule has 2 unspecified atom stereocenters. The Labute approximate surface area is 686 Å². The van der Waals surface area contributed by atoms with Crippen LogP contribution in [0.4, 0.5) is 0 Å². The molecular formula is C73H73Br3K2O21. The Morgan fingerprint density at radius 2 is 0.667 bits per heavy atom. The molecule has 514 valence electrons. The van der Waals surface area contributed by atoms with E-state index >= 15 is 0 Å². The summed E-state index contributed by atoms with van der Waals surface area (Å²) in [6.07, 6.45) is 4.59. The van der Waals surface area contributed by atoms with Gasteiger partial charge in [-0.15, -0.1) is 0 Å². The number of cyclic esters (lactones) is 2. The minimum atomic E-state index is -0.947. The van der Waals surface area contributed by atoms with Gasteiger partial charge in [0.15, 0.2) is 0 Å². The van der Waals surface area contributed by atoms with Gasteiger partial charge in [-0.3, -0.25) is 28.8 Å². The Bertz CT molecular complexity index is 3220. The van der Waals surface area contributed by atoms with Gasteiger partial charge in [-0.2, -0.15) is 0 Å². The number of carboxylic acids is 1. The molecule has 0 aliphatic carbocycles. The number of aliphatic hydroxyl groups excluding tert-OH is 1. The molecule has 0 aromatic heterocycles. The predicted molar refractivity (Wildman–Crippen MR) is 368 cm³/mol. The van der Waals surface area contributed by atoms with Gasteiger partial charge in [-0.1, -0.05) is 237 Å². The molecule has 9 rings (SSSR count). The minimum Gasteiger partial charge on any atom is -1.00 e. The Morgan fingerprint density at radius 1 is 0.455 bits per heavy atom. The number of hydrogen-bond donors (Lipinski definition) is 2. The predicted octanol–water partition coefficient (Wildman–Crippen LogP) is 6.77. The smallest absolute Gasteiger partial charge is 1.00 e. The normalized spacial score (nSPS) is 12.8. The second kappa shape index (κ2) is 56.0. The molecule has 2 N–H and O–H groups in total. The Balaban J connectivity index is 0.00000126. The van der Waals surface area contributed by atoms with Crippen molar-refractivity contribution in [2.45, 2.75) is 71.3 Å². The minimum absolute atomic E-state index is 0. The summed E-state index contributed by atoms with van der Waals surface area (Å²) in [6, 6.07) is 51.2. The molecule has 0 bridgehead atoms. The van der Waals surface area contributed by atoms with E-state index in [1.165, 1.54) is 0 Å². The molecule has 7 aromatic carbocycles. The standard InChI is InChI=1S/C25H24O6.2C17H16O4.C8H8O2.C4H5BrO2.CH2Br2.CH2O3.2K.H/c1-16-11-22(30-24(16)26)20-7-3-18(4-8-20)13-28-15-29-14-19-5-9-21(10-6-19)23-12-17(2)25(27)31-23;2*18-9-14-1-5-16(6-2-14)11-20-13-21-12-17-7-3-15(10-19)4-8-17;9-5-7-1-2-8(6-10)4-3-7;1-3(2-5)4(6)7;2-1-3;2-1-4-3;;;/h3-10,22-23H,1-2,11-15H2;2*1-10H,11-13H2;1-5,10H,6H2;1-2H2,(H,6,7);1H2;1,3H;;;/q;;;;;;;2*+1;-1/p-1. The fourth-order valence-electron chi connectivity index (χ4n) is 7.81. The van der Waals surface area contributed by atoms with Crippen LogP contribution in [0.2, 0.25) is 0 Å². The van der Waals surface area contributed by atoms with E-state index in [2.05, 4.69) is 72.4 Å². The van der Waals surface area contributed by atoms with E-state index in [4.69, 9.17) is 58.2 Å². The summed E-state index contributed by atoms with van der Waals surface area (Å²) in [5, 5.41) is 25.4. The molecular weight excluding hydrogens is 1530 g/mol. The van der Waals surface area contributed by atoms with E-state index in [1.807, 2.05) is 97.1 Å². The number of aliphatic carboxylic acids is 1. The topological polar surface area (TPSA) is 300 Å². The van der Waals surface area contributed by atoms with Gasteiger partial charge in [-0.25, -0.2) is 14.4 Å². The van der Waals surface area contributed by atoms with Gasteiger partial charge in [0.25, 0.3) is 6.47 Å². The number of aldehydes is 5. The summed E-state index contributed by atoms with van der Waals surface area (Å²) < 4.78 is 44.2. The third-order valence-electron chi connectivity index (χ3n) is 13.0. The maximum absolute atomic E-state index is 11.5. The zero-order chi connectivity index (χ0) is 71.0. The first-order valence-corrected chi connectivity index (χ1v) is 32.4. The second-order valence-electron chi connectivity index (χ2n) is 20.1. The van der Waals surface area contributed by atoms with Gasteiger partial charge >= 0.3 is 121 Å². The van der Waals surface area contributed by atoms with Crippen molar-refractivity contribution < 1.29 is 206 Å². The molecule has 7 aromatic rings. The molecule has 21 nitrogen and oxygen atoms in total. The molecule has 2 fully saturated rings. The van der Waals surface area contributed by atoms with Crippen LogP contribution in [0, 0.1) is 0 Å². The van der Waals surface area contributed by atoms with Crippen LogP contribution in [-0.4, -0.2) is 96.0 Å². The number of alkyl halides is 3. The van der Waals surface area contributed by atoms with Crippen molar-refractivity contribution in [3.05, 3.63) is 284 Å². The molecule has 2 atom stereocenters. The number of ether oxygens (including phenoxy) is 8. The monoisotopic (exact) mass is 1600 g/mol. The van der Waals surface area contributed by atoms with E-state index in [0.717, 1.165) is 85.7 Å². The summed E-state index contributed by atoms with van der Waals surface area (Å²) >= 11 is 9.06. The van der Waals surface area contributed by atoms with Crippen molar-refractivity contribution in [2.24, 2.45) is 0 Å². The number of carbonyl (C=O) groups is 9. The fraction of sp³-hybridized carbons (Fsp3) is 0.219. The molecule has 2 saturated heterocycles. The number of aliphatic hydroxyl groups is 1. The van der Waals surface area contributed by atoms with E-state index < -0.39 is 5.97 Å². The van der Waals surface area contributed by atoms with Crippen LogP contribution >= 0.6 is 47.8 Å². The fourth-order valence-corrected chi connectivity index (χ4v) is 8.05. The number of halogens is 3. The van der Waals surface area contributed by atoms with E-state index in [-0.39, 0.29) is 167 Å². The van der Waals surface area contributed by atoms with E-state index in [9.17, 15) is 38.4 Å². The van der Waals surface area contributed by atoms with Gasteiger partial charge in [0.2, 0.25) is 0 Å². The molecule has 2 aliphatic heterocycles. The van der Waals surface area contributed by atoms with Gasteiger partial charge in [-0.05, 0) is 50.1 Å². The molecule has 2 heterocycles. The summed E-state index contributed by atoms with van der Waals surface area (Å²) in [5.41, 5.74) is 13.1. The van der Waals surface area contributed by atoms with Crippen LogP contribution in [0.1, 0.15) is 128 Å². The van der Waals surface area contributed by atoms with E-state index in [0.29, 0.717) is 96.8 Å². The molecule has 26 heteroatoms. The number of carbonyl (C=O) groups excluding carboxylic acids is 8. The number of esters is 2. The first-order chi connectivity index (χ1) is 47.0. The van der Waals surface area contributed by atoms with Crippen LogP contribution in [0.25, 0.3) is 0 Å². The zero-order valence-corrected chi connectivity index (χ0v) is 65.6. The Morgan fingerprint density at radius 3 is 0.818 bits per heavy atom. The molecule has 0 amide bonds. The SMILES string of the molecule is BrCBr.C=C(CBr)C(=O)O.C=C1CC(c2ccc(COCOCc3ccc(C4CC(=C)C(=O)O4)cc3)cc2)OC1=O.O=CO[O-].O=Cc1ccc(CO)cc1.O=Cc1ccc(COCOCc2ccc(C=O)cc2)cc1.O=Cc1ccc(COCOCc2ccc(C=O)cc2)cc1.[H-].[K+].[K+]. The first-order valence-electron chi connectivity index (χ1n) is 29.0. The first kappa shape index (κ1) is 91.4. The Hall–Kier alpha value is -5.62. The van der Waals surface area contributed by atoms with Crippen molar-refractivity contribution >= 4 is 104 Å². The number of hydrogen-bond acceptors (Lipinski definition) is 20. The van der Waals surface area contributed by atoms with Gasteiger partial charge in [0, 0.05) is 62.7 Å². The number of benzene rings is 7. The zero-order valence-electron chi connectivity index (χ0n) is 55.6. The van der Waals surface area contributed by atoms with Gasteiger partial charge in [0.05, 0.1) is 50.5 Å². The largest absolute Gasteiger partial charge is 1.00 e. The van der Waals surface area contributed by atoms with E-state index in [1.54, 1.807) is 72.8 Å². The maximum Gasteiger partial charge on any atom is 1.00 e. The third kappa shape index (κ3) is 38.8. The number of rotatable bonds is 29. The average molecular weight is 1600 g/mol. The Kier molecular flexibility index (Phi) is 51.7. The summed E-state index contributed by atoms with van der Waals surface area (Å²) in [5.74, 6) is -1.59. The van der Waals surface area contributed by atoms with Crippen molar-refractivity contribution in [1.29, 1.82) is 0 Å². The van der Waals surface area contributed by atoms with Crippen molar-refractivity contribution in [1.82, 2.24) is 0 Å². The van der Waals surface area contributed by atoms with Crippen molar-refractivity contribution in [3.8, 4) is 0 Å². The molecule has 0 spiro atoms. The van der Waals surface area contributed by atoms with Crippen LogP contribution in [0.15, 0.2) is 206 Å². The van der Waals surface area contributed by atoms with Gasteiger partial charge < -0.3 is 59.7 Å². The summed E-state index contributed by atoms with van der Waals surface area (Å²) in [6.45, 7) is 13.6. The van der Waals surface area contributed by atoms with Crippen molar-refractivity contribution in [3.63, 3.8) is 0 Å².